The second-order valence-corrected chi connectivity index (χ2v) is 6.88. The van der Waals surface area contributed by atoms with Crippen molar-refractivity contribution in [3.8, 4) is 16.3 Å². The van der Waals surface area contributed by atoms with Gasteiger partial charge in [-0.25, -0.2) is 4.98 Å². The summed E-state index contributed by atoms with van der Waals surface area (Å²) in [6, 6.07) is 21.5. The molecule has 25 heavy (non-hydrogen) atoms. The van der Waals surface area contributed by atoms with Crippen LogP contribution in [0.1, 0.15) is 11.1 Å². The first-order chi connectivity index (χ1) is 12.2. The number of rotatable bonds is 3. The number of phenolic OH excluding ortho intramolecular Hbond substituents is 1. The zero-order chi connectivity index (χ0) is 17.2. The van der Waals surface area contributed by atoms with Crippen LogP contribution >= 0.6 is 11.3 Å². The Balaban J connectivity index is 1.60. The van der Waals surface area contributed by atoms with Gasteiger partial charge in [0, 0.05) is 17.3 Å². The highest BCUT2D eigenvalue weighted by Gasteiger charge is 2.06. The van der Waals surface area contributed by atoms with Crippen LogP contribution < -0.4 is 0 Å². The number of hydrogen-bond acceptors (Lipinski definition) is 4. The molecule has 0 unspecified atom stereocenters. The van der Waals surface area contributed by atoms with Crippen molar-refractivity contribution in [1.29, 1.82) is 0 Å². The summed E-state index contributed by atoms with van der Waals surface area (Å²) in [6.07, 6.45) is 1.67. The van der Waals surface area contributed by atoms with E-state index in [0.29, 0.717) is 5.56 Å². The van der Waals surface area contributed by atoms with Crippen molar-refractivity contribution >= 4 is 33.5 Å². The Morgan fingerprint density at radius 3 is 2.60 bits per heavy atom. The van der Waals surface area contributed by atoms with Gasteiger partial charge in [-0.05, 0) is 61.0 Å². The number of benzene rings is 3. The molecule has 0 fully saturated rings. The van der Waals surface area contributed by atoms with Gasteiger partial charge in [0.1, 0.15) is 10.8 Å². The standard InChI is InChI=1S/C21H16N2OS/c1-14-6-11-20-18(12-14)23-21(25-20)15-7-9-17(10-8-15)22-13-16-4-2-3-5-19(16)24/h2-13,24H,1H3. The van der Waals surface area contributed by atoms with Crippen molar-refractivity contribution in [2.45, 2.75) is 6.92 Å². The minimum absolute atomic E-state index is 0.229. The maximum Gasteiger partial charge on any atom is 0.124 e. The summed E-state index contributed by atoms with van der Waals surface area (Å²) in [7, 11) is 0. The molecule has 122 valence electrons. The van der Waals surface area contributed by atoms with Gasteiger partial charge in [0.25, 0.3) is 0 Å². The topological polar surface area (TPSA) is 45.5 Å². The first-order valence-electron chi connectivity index (χ1n) is 7.99. The smallest absolute Gasteiger partial charge is 0.124 e. The van der Waals surface area contributed by atoms with E-state index in [9.17, 15) is 5.11 Å². The molecule has 3 aromatic carbocycles. The van der Waals surface area contributed by atoms with Crippen LogP contribution in [0, 0.1) is 6.92 Å². The summed E-state index contributed by atoms with van der Waals surface area (Å²) in [5.74, 6) is 0.229. The van der Waals surface area contributed by atoms with Gasteiger partial charge < -0.3 is 5.11 Å². The largest absolute Gasteiger partial charge is 0.507 e. The lowest BCUT2D eigenvalue weighted by Gasteiger charge is -1.99. The normalized spacial score (nSPS) is 11.4. The van der Waals surface area contributed by atoms with Gasteiger partial charge in [0.15, 0.2) is 0 Å². The lowest BCUT2D eigenvalue weighted by Crippen LogP contribution is -1.81. The predicted octanol–water partition coefficient (Wildman–Crippen LogP) is 5.73. The van der Waals surface area contributed by atoms with E-state index in [0.717, 1.165) is 21.8 Å². The molecule has 0 spiro atoms. The Hall–Kier alpha value is -2.98. The van der Waals surface area contributed by atoms with Crippen molar-refractivity contribution in [3.63, 3.8) is 0 Å². The average Bonchev–Trinajstić information content (AvgIpc) is 3.04. The Labute approximate surface area is 150 Å². The van der Waals surface area contributed by atoms with E-state index < -0.39 is 0 Å². The number of nitrogens with zero attached hydrogens (tertiary/aromatic N) is 2. The quantitative estimate of drug-likeness (QED) is 0.483. The average molecular weight is 344 g/mol. The van der Waals surface area contributed by atoms with Crippen molar-refractivity contribution in [1.82, 2.24) is 4.98 Å². The highest BCUT2D eigenvalue weighted by molar-refractivity contribution is 7.21. The maximum absolute atomic E-state index is 9.77. The summed E-state index contributed by atoms with van der Waals surface area (Å²) >= 11 is 1.69. The van der Waals surface area contributed by atoms with Gasteiger partial charge in [-0.3, -0.25) is 4.99 Å². The summed E-state index contributed by atoms with van der Waals surface area (Å²) < 4.78 is 1.20. The number of phenols is 1. The minimum atomic E-state index is 0.229. The highest BCUT2D eigenvalue weighted by Crippen LogP contribution is 2.31. The summed E-state index contributed by atoms with van der Waals surface area (Å²) in [5, 5.41) is 10.8. The number of fused-ring (bicyclic) bond motifs is 1. The molecular formula is C21H16N2OS. The van der Waals surface area contributed by atoms with Crippen LogP contribution in [0.25, 0.3) is 20.8 Å². The molecule has 0 radical (unpaired) electrons. The molecular weight excluding hydrogens is 328 g/mol. The van der Waals surface area contributed by atoms with Crippen LogP contribution in [0.4, 0.5) is 5.69 Å². The SMILES string of the molecule is Cc1ccc2sc(-c3ccc(N=Cc4ccccc4O)cc3)nc2c1. The number of aromatic nitrogens is 1. The molecule has 3 nitrogen and oxygen atoms in total. The first-order valence-corrected chi connectivity index (χ1v) is 8.80. The van der Waals surface area contributed by atoms with E-state index in [1.807, 2.05) is 36.4 Å². The molecule has 1 N–H and O–H groups in total. The molecule has 0 aliphatic heterocycles. The van der Waals surface area contributed by atoms with E-state index in [1.165, 1.54) is 10.3 Å². The van der Waals surface area contributed by atoms with Crippen LogP contribution in [0.3, 0.4) is 0 Å². The molecule has 0 bridgehead atoms. The van der Waals surface area contributed by atoms with Crippen molar-refractivity contribution < 1.29 is 5.11 Å². The summed E-state index contributed by atoms with van der Waals surface area (Å²) in [5.41, 5.74) is 4.89. The van der Waals surface area contributed by atoms with E-state index >= 15 is 0 Å². The molecule has 0 saturated heterocycles. The Morgan fingerprint density at radius 2 is 1.80 bits per heavy atom. The van der Waals surface area contributed by atoms with Crippen molar-refractivity contribution in [2.75, 3.05) is 0 Å². The monoisotopic (exact) mass is 344 g/mol. The fourth-order valence-electron chi connectivity index (χ4n) is 2.59. The van der Waals surface area contributed by atoms with Gasteiger partial charge in [-0.1, -0.05) is 18.2 Å². The first kappa shape index (κ1) is 15.5. The molecule has 0 amide bonds. The van der Waals surface area contributed by atoms with Crippen LogP contribution in [-0.2, 0) is 0 Å². The number of aliphatic imine (C=N–C) groups is 1. The molecule has 4 aromatic rings. The van der Waals surface area contributed by atoms with Crippen LogP contribution in [0.5, 0.6) is 5.75 Å². The number of aryl methyl sites for hydroxylation is 1. The van der Waals surface area contributed by atoms with Crippen LogP contribution in [0.15, 0.2) is 71.7 Å². The molecule has 1 aromatic heterocycles. The van der Waals surface area contributed by atoms with Gasteiger partial charge >= 0.3 is 0 Å². The fraction of sp³-hybridized carbons (Fsp3) is 0.0476. The van der Waals surface area contributed by atoms with E-state index in [-0.39, 0.29) is 5.75 Å². The number of para-hydroxylation sites is 1. The third kappa shape index (κ3) is 3.30. The van der Waals surface area contributed by atoms with Crippen LogP contribution in [-0.4, -0.2) is 16.3 Å². The molecule has 4 rings (SSSR count). The maximum atomic E-state index is 9.77. The summed E-state index contributed by atoms with van der Waals surface area (Å²) in [4.78, 5) is 9.15. The minimum Gasteiger partial charge on any atom is -0.507 e. The molecule has 0 atom stereocenters. The lowest BCUT2D eigenvalue weighted by atomic mass is 10.2. The molecule has 1 heterocycles. The fourth-order valence-corrected chi connectivity index (χ4v) is 3.54. The second kappa shape index (κ2) is 6.49. The number of thiazole rings is 1. The Morgan fingerprint density at radius 1 is 1.00 bits per heavy atom. The van der Waals surface area contributed by atoms with Gasteiger partial charge in [-0.2, -0.15) is 0 Å². The Bertz CT molecular complexity index is 1060. The van der Waals surface area contributed by atoms with E-state index in [4.69, 9.17) is 4.98 Å². The van der Waals surface area contributed by atoms with E-state index in [1.54, 1.807) is 29.7 Å². The van der Waals surface area contributed by atoms with Crippen LogP contribution in [0.2, 0.25) is 0 Å². The molecule has 0 saturated carbocycles. The lowest BCUT2D eigenvalue weighted by molar-refractivity contribution is 0.474. The summed E-state index contributed by atoms with van der Waals surface area (Å²) in [6.45, 7) is 2.08. The Kier molecular flexibility index (Phi) is 4.04. The molecule has 0 aliphatic rings. The second-order valence-electron chi connectivity index (χ2n) is 5.85. The van der Waals surface area contributed by atoms with Crippen molar-refractivity contribution in [3.05, 3.63) is 77.9 Å². The van der Waals surface area contributed by atoms with Gasteiger partial charge in [0.05, 0.1) is 15.9 Å². The third-order valence-corrected chi connectivity index (χ3v) is 5.03. The zero-order valence-electron chi connectivity index (χ0n) is 13.7. The molecule has 0 aliphatic carbocycles. The van der Waals surface area contributed by atoms with Gasteiger partial charge in [-0.15, -0.1) is 11.3 Å². The molecule has 4 heteroatoms. The van der Waals surface area contributed by atoms with E-state index in [2.05, 4.69) is 30.1 Å². The third-order valence-electron chi connectivity index (χ3n) is 3.95. The van der Waals surface area contributed by atoms with Crippen molar-refractivity contribution in [2.24, 2.45) is 4.99 Å². The zero-order valence-corrected chi connectivity index (χ0v) is 14.5. The number of hydrogen-bond donors (Lipinski definition) is 1. The van der Waals surface area contributed by atoms with Gasteiger partial charge in [0.2, 0.25) is 0 Å². The highest BCUT2D eigenvalue weighted by atomic mass is 32.1. The predicted molar refractivity (Wildman–Crippen MR) is 105 cm³/mol. The number of aromatic hydroxyl groups is 1.